The summed E-state index contributed by atoms with van der Waals surface area (Å²) in [5.74, 6) is 0.983. The highest BCUT2D eigenvalue weighted by atomic mass is 16.7. The molecule has 1 unspecified atom stereocenters. The second-order valence-corrected chi connectivity index (χ2v) is 16.3. The number of methoxy groups -OCH3 is 1. The fraction of sp³-hybridized carbons (Fsp3) is 0.500. The van der Waals surface area contributed by atoms with Crippen LogP contribution in [0.1, 0.15) is 78.7 Å². The van der Waals surface area contributed by atoms with Crippen LogP contribution in [0.15, 0.2) is 36.4 Å². The number of benzene rings is 3. The summed E-state index contributed by atoms with van der Waals surface area (Å²) in [6.45, 7) is 11.2. The number of aryl methyl sites for hydroxylation is 1. The zero-order valence-electron chi connectivity index (χ0n) is 34.9. The number of carbonyl (C=O) groups excluding carboxylic acids is 3. The van der Waals surface area contributed by atoms with Crippen LogP contribution in [-0.2, 0) is 33.8 Å². The Morgan fingerprint density at radius 2 is 1.76 bits per heavy atom. The molecule has 2 amide bonds. The number of nitriles is 1. The van der Waals surface area contributed by atoms with Gasteiger partial charge in [0.15, 0.2) is 23.0 Å². The Bertz CT molecular complexity index is 2160. The Kier molecular flexibility index (Phi) is 12.0. The minimum Gasteiger partial charge on any atom is -0.504 e. The third kappa shape index (κ3) is 7.72. The number of aromatic hydroxyl groups is 1. The van der Waals surface area contributed by atoms with Crippen molar-refractivity contribution in [3.8, 4) is 34.8 Å². The molecule has 2 bridgehead atoms. The predicted octanol–water partition coefficient (Wildman–Crippen LogP) is 4.49. The summed E-state index contributed by atoms with van der Waals surface area (Å²) >= 11 is 0. The first-order chi connectivity index (χ1) is 28.2. The lowest BCUT2D eigenvalue weighted by Gasteiger charge is -2.60. The van der Waals surface area contributed by atoms with Gasteiger partial charge in [0, 0.05) is 60.4 Å². The van der Waals surface area contributed by atoms with Crippen molar-refractivity contribution in [3.63, 3.8) is 0 Å². The minimum atomic E-state index is -0.671. The molecular weight excluding hydrogens is 757 g/mol. The van der Waals surface area contributed by atoms with E-state index in [2.05, 4.69) is 31.8 Å². The number of piperazine rings is 1. The Hall–Kier alpha value is -5.56. The van der Waals surface area contributed by atoms with Crippen LogP contribution in [0.2, 0.25) is 0 Å². The van der Waals surface area contributed by atoms with Crippen molar-refractivity contribution in [3.05, 3.63) is 75.3 Å². The molecule has 0 saturated carbocycles. The highest BCUT2D eigenvalue weighted by Gasteiger charge is 2.57. The Morgan fingerprint density at radius 3 is 2.44 bits per heavy atom. The van der Waals surface area contributed by atoms with Gasteiger partial charge >= 0.3 is 12.1 Å². The van der Waals surface area contributed by atoms with Gasteiger partial charge in [0.1, 0.15) is 18.4 Å². The van der Waals surface area contributed by atoms with Crippen molar-refractivity contribution in [2.75, 3.05) is 34.0 Å². The highest BCUT2D eigenvalue weighted by Crippen LogP contribution is 2.58. The average Bonchev–Trinajstić information content (AvgIpc) is 3.70. The van der Waals surface area contributed by atoms with E-state index in [9.17, 15) is 24.8 Å². The summed E-state index contributed by atoms with van der Waals surface area (Å²) in [7, 11) is 3.51. The molecule has 1 fully saturated rings. The number of hydrogen-bond acceptors (Lipinski definition) is 13. The smallest absolute Gasteiger partial charge is 0.407 e. The topological polar surface area (TPSA) is 184 Å². The Morgan fingerprint density at radius 1 is 1.03 bits per heavy atom. The molecule has 15 nitrogen and oxygen atoms in total. The highest BCUT2D eigenvalue weighted by molar-refractivity contribution is 5.81. The molecule has 7 atom stereocenters. The number of amides is 2. The Labute approximate surface area is 344 Å². The zero-order valence-corrected chi connectivity index (χ0v) is 34.9. The third-order valence-corrected chi connectivity index (χ3v) is 12.3. The van der Waals surface area contributed by atoms with Crippen LogP contribution >= 0.6 is 0 Å². The van der Waals surface area contributed by atoms with Crippen molar-refractivity contribution in [1.29, 1.82) is 5.26 Å². The quantitative estimate of drug-likeness (QED) is 0.149. The second-order valence-electron chi connectivity index (χ2n) is 16.3. The van der Waals surface area contributed by atoms with Gasteiger partial charge in [-0.2, -0.15) is 5.26 Å². The van der Waals surface area contributed by atoms with Crippen LogP contribution in [0.3, 0.4) is 0 Å². The molecule has 3 aromatic carbocycles. The molecule has 4 N–H and O–H groups in total. The fourth-order valence-corrected chi connectivity index (χ4v) is 9.43. The summed E-state index contributed by atoms with van der Waals surface area (Å²) in [5, 5.41) is 32.2. The van der Waals surface area contributed by atoms with Crippen LogP contribution in [0.5, 0.6) is 28.7 Å². The number of nitrogens with one attached hydrogen (secondary N) is 3. The molecule has 15 heteroatoms. The lowest BCUT2D eigenvalue weighted by Crippen LogP contribution is -2.69. The molecule has 0 aromatic heterocycles. The maximum Gasteiger partial charge on any atom is 0.407 e. The van der Waals surface area contributed by atoms with E-state index in [0.29, 0.717) is 59.1 Å². The molecular formula is C44H54N6O9. The first kappa shape index (κ1) is 41.6. The van der Waals surface area contributed by atoms with Crippen LogP contribution in [0.4, 0.5) is 4.79 Å². The number of ether oxygens (including phenoxy) is 5. The molecule has 7 rings (SSSR count). The zero-order chi connectivity index (χ0) is 42.3. The molecule has 4 aliphatic rings. The van der Waals surface area contributed by atoms with Crippen LogP contribution in [0.25, 0.3) is 0 Å². The van der Waals surface area contributed by atoms with Crippen LogP contribution in [-0.4, -0.2) is 97.1 Å². The number of likely N-dealkylation sites (N-methyl/N-ethyl adjacent to an activating group) is 1. The van der Waals surface area contributed by atoms with Crippen molar-refractivity contribution in [2.24, 2.45) is 5.92 Å². The molecule has 0 aliphatic carbocycles. The number of nitrogens with zero attached hydrogens (tertiary/aromatic N) is 3. The summed E-state index contributed by atoms with van der Waals surface area (Å²) in [6.07, 6.45) is 0.293. The molecule has 59 heavy (non-hydrogen) atoms. The van der Waals surface area contributed by atoms with Gasteiger partial charge in [0.25, 0.3) is 0 Å². The second kappa shape index (κ2) is 17.0. The maximum atomic E-state index is 14.0. The van der Waals surface area contributed by atoms with Gasteiger partial charge < -0.3 is 44.7 Å². The molecule has 0 spiro atoms. The average molecular weight is 811 g/mol. The molecule has 3 aromatic rings. The first-order valence-electron chi connectivity index (χ1n) is 20.1. The molecule has 314 valence electrons. The molecule has 0 radical (unpaired) electrons. The minimum absolute atomic E-state index is 0.0324. The number of hydrogen-bond donors (Lipinski definition) is 4. The van der Waals surface area contributed by atoms with Crippen LogP contribution < -0.4 is 34.9 Å². The van der Waals surface area contributed by atoms with Crippen molar-refractivity contribution < 1.29 is 43.2 Å². The van der Waals surface area contributed by atoms with Crippen molar-refractivity contribution in [2.45, 2.75) is 103 Å². The SMILES string of the molecule is COc1c(C)cc2c(c1O)[C@H]1C3Cc4c(OC(C)=O)c(C)c5c(c4[C@H](CNC(=O)[C@H](C)NC[C@@H](NC(=O)OCc4ccccc4)C(C)C)N3[C@@H](C#N)[C@H](C2)N1C)OCO5. The predicted molar refractivity (Wildman–Crippen MR) is 216 cm³/mol. The van der Waals surface area contributed by atoms with Crippen molar-refractivity contribution >= 4 is 18.0 Å². The number of rotatable bonds is 12. The van der Waals surface area contributed by atoms with E-state index < -0.39 is 42.3 Å². The maximum absolute atomic E-state index is 14.0. The molecule has 4 aliphatic heterocycles. The Balaban J connectivity index is 1.19. The largest absolute Gasteiger partial charge is 0.504 e. The van der Waals surface area contributed by atoms with E-state index >= 15 is 0 Å². The molecule has 4 heterocycles. The van der Waals surface area contributed by atoms with Gasteiger partial charge in [0.05, 0.1) is 31.3 Å². The standard InChI is InChI=1S/C44H54N6O9/c1-22(2)30(48-44(54)56-20-27-12-10-9-11-13-27)18-46-25(5)43(53)47-19-34-36-29(40(59-26(6)51)24(4)41-42(36)58-21-57-41)16-32-37-35-28(14-23(3)39(55-8)38(35)52)15-31(49(37)7)33(17-45)50(32)34/h9-14,22,25,30-34,37,46,52H,15-16,18-21H2,1-8H3,(H,47,53)(H,48,54)/t25-,30+,31-,32?,33-,34-,37+/m0/s1. The summed E-state index contributed by atoms with van der Waals surface area (Å²) in [4.78, 5) is 43.7. The van der Waals surface area contributed by atoms with E-state index in [4.69, 9.17) is 23.7 Å². The first-order valence-corrected chi connectivity index (χ1v) is 20.1. The van der Waals surface area contributed by atoms with Crippen LogP contribution in [0, 0.1) is 31.1 Å². The monoisotopic (exact) mass is 810 g/mol. The van der Waals surface area contributed by atoms with Gasteiger partial charge in [-0.25, -0.2) is 4.79 Å². The normalized spacial score (nSPS) is 22.5. The van der Waals surface area contributed by atoms with E-state index in [1.165, 1.54) is 14.0 Å². The lowest BCUT2D eigenvalue weighted by atomic mass is 9.71. The van der Waals surface area contributed by atoms with Gasteiger partial charge in [-0.05, 0) is 63.3 Å². The number of esters is 1. The van der Waals surface area contributed by atoms with Gasteiger partial charge in [-0.3, -0.25) is 19.4 Å². The summed E-state index contributed by atoms with van der Waals surface area (Å²) < 4.78 is 29.2. The van der Waals surface area contributed by atoms with E-state index in [0.717, 1.165) is 22.3 Å². The number of phenols is 1. The third-order valence-electron chi connectivity index (χ3n) is 12.3. The lowest BCUT2D eigenvalue weighted by molar-refractivity contribution is -0.132. The van der Waals surface area contributed by atoms with Crippen molar-refractivity contribution in [1.82, 2.24) is 25.8 Å². The van der Waals surface area contributed by atoms with E-state index in [-0.39, 0.29) is 49.6 Å². The van der Waals surface area contributed by atoms with E-state index in [1.807, 2.05) is 71.1 Å². The van der Waals surface area contributed by atoms with E-state index in [1.54, 1.807) is 6.92 Å². The number of fused-ring (bicyclic) bond motifs is 9. The summed E-state index contributed by atoms with van der Waals surface area (Å²) in [6, 6.07) is 10.7. The molecule has 1 saturated heterocycles. The van der Waals surface area contributed by atoms with Gasteiger partial charge in [-0.1, -0.05) is 50.2 Å². The summed E-state index contributed by atoms with van der Waals surface area (Å²) in [5.41, 5.74) is 5.36. The number of alkyl carbamates (subject to hydrolysis) is 1. The van der Waals surface area contributed by atoms with Gasteiger partial charge in [-0.15, -0.1) is 0 Å². The van der Waals surface area contributed by atoms with Gasteiger partial charge in [0.2, 0.25) is 12.7 Å². The fourth-order valence-electron chi connectivity index (χ4n) is 9.43. The number of phenolic OH excluding ortho intramolecular Hbond substituents is 1. The number of carbonyl (C=O) groups is 3.